The molecule has 0 spiro atoms. The molecule has 2 aromatic rings. The number of aromatic nitrogens is 1. The highest BCUT2D eigenvalue weighted by Gasteiger charge is 2.17. The van der Waals surface area contributed by atoms with Gasteiger partial charge in [-0.2, -0.15) is 0 Å². The Morgan fingerprint density at radius 2 is 1.55 bits per heavy atom. The second kappa shape index (κ2) is 9.17. The molecule has 0 amide bonds. The minimum Gasteiger partial charge on any atom is -0.452 e. The molecule has 0 bridgehead atoms. The van der Waals surface area contributed by atoms with Crippen molar-refractivity contribution in [2.75, 3.05) is 32.1 Å². The minimum atomic E-state index is -4.94. The molecule has 9 heteroatoms. The van der Waals surface area contributed by atoms with Crippen molar-refractivity contribution >= 4 is 27.6 Å². The summed E-state index contributed by atoms with van der Waals surface area (Å²) in [6.07, 6.45) is 0. The van der Waals surface area contributed by atoms with Crippen molar-refractivity contribution in [2.45, 2.75) is 13.8 Å². The van der Waals surface area contributed by atoms with Crippen molar-refractivity contribution in [3.8, 4) is 11.5 Å². The fourth-order valence-electron chi connectivity index (χ4n) is 3.58. The summed E-state index contributed by atoms with van der Waals surface area (Å²) in [5.74, 6) is 0.816. The van der Waals surface area contributed by atoms with Crippen LogP contribution in [0.3, 0.4) is 0 Å². The molecule has 0 saturated carbocycles. The summed E-state index contributed by atoms with van der Waals surface area (Å²) >= 11 is 0. The van der Waals surface area contributed by atoms with Crippen LogP contribution >= 0.6 is 0 Å². The summed E-state index contributed by atoms with van der Waals surface area (Å²) in [5.41, 5.74) is 3.79. The Labute approximate surface area is 182 Å². The Morgan fingerprint density at radius 3 is 2.13 bits per heavy atom. The monoisotopic (exact) mass is 445 g/mol. The van der Waals surface area contributed by atoms with E-state index in [0.717, 1.165) is 46.4 Å². The van der Waals surface area contributed by atoms with E-state index in [1.54, 1.807) is 0 Å². The van der Waals surface area contributed by atoms with Crippen molar-refractivity contribution in [1.29, 1.82) is 0 Å². The molecule has 4 rings (SSSR count). The third-order valence-corrected chi connectivity index (χ3v) is 4.97. The van der Waals surface area contributed by atoms with E-state index in [-0.39, 0.29) is 0 Å². The van der Waals surface area contributed by atoms with Gasteiger partial charge in [0.05, 0.1) is 11.5 Å². The number of rotatable bonds is 3. The van der Waals surface area contributed by atoms with E-state index in [0.29, 0.717) is 0 Å². The van der Waals surface area contributed by atoms with Gasteiger partial charge < -0.3 is 9.32 Å². The lowest BCUT2D eigenvalue weighted by atomic mass is 10.0. The number of fused-ring (bicyclic) bond motifs is 4. The second-order valence-corrected chi connectivity index (χ2v) is 7.85. The first-order chi connectivity index (χ1) is 14.6. The van der Waals surface area contributed by atoms with Crippen molar-refractivity contribution < 1.29 is 33.3 Å². The van der Waals surface area contributed by atoms with Crippen molar-refractivity contribution in [1.82, 2.24) is 9.56 Å². The van der Waals surface area contributed by atoms with Crippen molar-refractivity contribution in [3.63, 3.8) is 0 Å². The van der Waals surface area contributed by atoms with E-state index in [2.05, 4.69) is 85.9 Å². The Balaban J connectivity index is 0.000000491. The summed E-state index contributed by atoms with van der Waals surface area (Å²) in [5, 5.41) is 3.44. The fourth-order valence-corrected chi connectivity index (χ4v) is 3.58. The van der Waals surface area contributed by atoms with Gasteiger partial charge in [-0.15, -0.1) is 10.2 Å². The molecule has 0 aromatic heterocycles. The summed E-state index contributed by atoms with van der Waals surface area (Å²) in [4.78, 5) is 7.24. The zero-order valence-corrected chi connectivity index (χ0v) is 18.5. The maximum Gasteiger partial charge on any atom is 0.211 e. The maximum atomic E-state index is 8.49. The number of halogens is 1. The average molecular weight is 446 g/mol. The van der Waals surface area contributed by atoms with Crippen LogP contribution in [0.15, 0.2) is 52.9 Å². The van der Waals surface area contributed by atoms with Crippen molar-refractivity contribution in [3.05, 3.63) is 53.9 Å². The van der Waals surface area contributed by atoms with E-state index in [1.165, 1.54) is 11.1 Å². The summed E-state index contributed by atoms with van der Waals surface area (Å²) in [6, 6.07) is 16.7. The number of hydrogen-bond acceptors (Lipinski definition) is 7. The van der Waals surface area contributed by atoms with Gasteiger partial charge in [-0.1, -0.05) is 18.2 Å². The topological polar surface area (TPSA) is 125 Å². The van der Waals surface area contributed by atoms with E-state index < -0.39 is 10.2 Å². The van der Waals surface area contributed by atoms with Gasteiger partial charge in [-0.05, 0) is 32.0 Å². The van der Waals surface area contributed by atoms with E-state index in [9.17, 15) is 0 Å². The Hall–Kier alpha value is -2.75. The zero-order chi connectivity index (χ0) is 22.8. The third-order valence-electron chi connectivity index (χ3n) is 4.97. The van der Waals surface area contributed by atoms with Crippen LogP contribution in [0, 0.1) is 10.2 Å². The summed E-state index contributed by atoms with van der Waals surface area (Å²) in [6.45, 7) is 6.27. The van der Waals surface area contributed by atoms with Crippen LogP contribution in [-0.4, -0.2) is 32.2 Å². The quantitative estimate of drug-likeness (QED) is 0.230. The smallest absolute Gasteiger partial charge is 0.211 e. The van der Waals surface area contributed by atoms with Crippen molar-refractivity contribution in [2.24, 2.45) is 0 Å². The average Bonchev–Trinajstić information content (AvgIpc) is 2.71. The highest BCUT2D eigenvalue weighted by molar-refractivity contribution is 5.96. The Kier molecular flexibility index (Phi) is 6.78. The zero-order valence-electron chi connectivity index (χ0n) is 17.8. The number of benzene rings is 3. The lowest BCUT2D eigenvalue weighted by Crippen LogP contribution is -2.68. The van der Waals surface area contributed by atoms with Crippen LogP contribution in [0.25, 0.3) is 33.3 Å². The van der Waals surface area contributed by atoms with Crippen LogP contribution in [0.4, 0.5) is 5.69 Å². The van der Waals surface area contributed by atoms with Crippen LogP contribution in [0.2, 0.25) is 0 Å². The standard InChI is InChI=1S/C22H24N3O.ClHO4/c1-5-25(6-2)15-11-12-18-20(13-15)26-21-14-19(24(3)4)16-9-7-8-10-17(16)22(21)23-18;2-1(3,4)5/h7-14H,5-6H2,1-4H3;(H,2,3,4,5)/q+1;/p-1. The molecular formula is C22H24ClN3O5. The summed E-state index contributed by atoms with van der Waals surface area (Å²) < 4.78 is 42.4. The largest absolute Gasteiger partial charge is 0.452 e. The highest BCUT2D eigenvalue weighted by Crippen LogP contribution is 2.31. The molecule has 0 fully saturated rings. The molecule has 0 unspecified atom stereocenters. The number of hydrogen-bond donors (Lipinski definition) is 0. The van der Waals surface area contributed by atoms with Crippen LogP contribution in [-0.2, 0) is 0 Å². The Bertz CT molecular complexity index is 1240. The Morgan fingerprint density at radius 1 is 0.935 bits per heavy atom. The molecule has 164 valence electrons. The number of anilines is 1. The summed E-state index contributed by atoms with van der Waals surface area (Å²) in [7, 11) is -0.832. The molecule has 8 nitrogen and oxygen atoms in total. The SMILES string of the molecule is CCN(CC)c1ccc2nc3c4ccccc4c(=[N+](C)C)cc-3oc2c1.[O-][Cl+3]([O-])([O-])[O-]. The van der Waals surface area contributed by atoms with Gasteiger partial charge in [0.15, 0.2) is 11.3 Å². The van der Waals surface area contributed by atoms with E-state index in [4.69, 9.17) is 28.0 Å². The predicted molar refractivity (Wildman–Crippen MR) is 109 cm³/mol. The molecule has 0 radical (unpaired) electrons. The normalized spacial score (nSPS) is 11.5. The van der Waals surface area contributed by atoms with Gasteiger partial charge in [0.25, 0.3) is 0 Å². The molecule has 0 saturated heterocycles. The van der Waals surface area contributed by atoms with Gasteiger partial charge in [0.2, 0.25) is 5.36 Å². The molecule has 1 aliphatic carbocycles. The van der Waals surface area contributed by atoms with E-state index in [1.807, 2.05) is 0 Å². The van der Waals surface area contributed by atoms with Crippen LogP contribution in [0.5, 0.6) is 0 Å². The van der Waals surface area contributed by atoms with Gasteiger partial charge in [-0.3, -0.25) is 0 Å². The third kappa shape index (κ3) is 5.30. The molecule has 2 aromatic carbocycles. The second-order valence-electron chi connectivity index (χ2n) is 7.10. The van der Waals surface area contributed by atoms with Gasteiger partial charge in [-0.25, -0.2) is 28.2 Å². The first-order valence-corrected chi connectivity index (χ1v) is 11.0. The number of nitrogens with zero attached hydrogens (tertiary/aromatic N) is 3. The first kappa shape index (κ1) is 22.9. The molecular weight excluding hydrogens is 422 g/mol. The van der Waals surface area contributed by atoms with E-state index >= 15 is 0 Å². The molecule has 1 heterocycles. The lowest BCUT2D eigenvalue weighted by molar-refractivity contribution is -2.00. The molecule has 0 atom stereocenters. The first-order valence-electron chi connectivity index (χ1n) is 9.75. The molecule has 31 heavy (non-hydrogen) atoms. The van der Waals surface area contributed by atoms with Crippen LogP contribution in [0.1, 0.15) is 13.8 Å². The predicted octanol–water partition coefficient (Wildman–Crippen LogP) is -0.792. The lowest BCUT2D eigenvalue weighted by Gasteiger charge is -2.21. The van der Waals surface area contributed by atoms with Gasteiger partial charge in [0, 0.05) is 30.2 Å². The maximum absolute atomic E-state index is 8.49. The molecule has 2 aliphatic rings. The van der Waals surface area contributed by atoms with Gasteiger partial charge >= 0.3 is 0 Å². The van der Waals surface area contributed by atoms with Crippen LogP contribution < -0.4 is 33.5 Å². The minimum absolute atomic E-state index is 0.816. The molecule has 0 N–H and O–H groups in total. The van der Waals surface area contributed by atoms with Gasteiger partial charge in [0.1, 0.15) is 25.3 Å². The molecule has 1 aliphatic heterocycles. The fraction of sp³-hybridized carbons (Fsp3) is 0.273. The highest BCUT2D eigenvalue weighted by atomic mass is 35.7.